The second-order valence-electron chi connectivity index (χ2n) is 9.24. The van der Waals surface area contributed by atoms with Crippen LogP contribution < -0.4 is 11.2 Å². The highest BCUT2D eigenvalue weighted by molar-refractivity contribution is 7.62. The van der Waals surface area contributed by atoms with E-state index in [1.54, 1.807) is 13.3 Å². The van der Waals surface area contributed by atoms with Crippen molar-refractivity contribution >= 4 is 15.7 Å². The third-order valence-corrected chi connectivity index (χ3v) is 8.08. The highest BCUT2D eigenvalue weighted by Crippen LogP contribution is 2.51. The van der Waals surface area contributed by atoms with E-state index >= 15 is 0 Å². The van der Waals surface area contributed by atoms with Crippen LogP contribution in [0.15, 0.2) is 21.9 Å². The highest BCUT2D eigenvalue weighted by atomic mass is 31.2. The van der Waals surface area contributed by atoms with E-state index in [0.717, 1.165) is 0 Å². The molecule has 0 radical (unpaired) electrons. The fourth-order valence-electron chi connectivity index (χ4n) is 3.85. The van der Waals surface area contributed by atoms with Crippen molar-refractivity contribution in [3.05, 3.63) is 33.1 Å². The van der Waals surface area contributed by atoms with Gasteiger partial charge in [0.25, 0.3) is 14.1 Å². The molecule has 33 heavy (non-hydrogen) atoms. The lowest BCUT2D eigenvalue weighted by molar-refractivity contribution is 0.00418. The molecule has 10 nitrogen and oxygen atoms in total. The third kappa shape index (κ3) is 8.43. The molecule has 1 aliphatic carbocycles. The molecule has 1 saturated carbocycles. The van der Waals surface area contributed by atoms with E-state index in [-0.39, 0.29) is 37.5 Å². The minimum Gasteiger partial charge on any atom is -0.368 e. The van der Waals surface area contributed by atoms with E-state index in [1.165, 1.54) is 16.8 Å². The molecular weight excluding hydrogens is 466 g/mol. The number of aromatic amines is 1. The van der Waals surface area contributed by atoms with Crippen LogP contribution in [0, 0.1) is 11.3 Å². The predicted molar refractivity (Wildman–Crippen MR) is 129 cm³/mol. The number of rotatable bonds is 12. The summed E-state index contributed by atoms with van der Waals surface area (Å²) in [7, 11) is -3.93. The van der Waals surface area contributed by atoms with Crippen LogP contribution in [0.25, 0.3) is 0 Å². The lowest BCUT2D eigenvalue weighted by Crippen LogP contribution is -2.36. The summed E-state index contributed by atoms with van der Waals surface area (Å²) in [6.07, 6.45) is 1.98. The Bertz CT molecular complexity index is 958. The third-order valence-electron chi connectivity index (χ3n) is 5.16. The van der Waals surface area contributed by atoms with Crippen molar-refractivity contribution < 1.29 is 18.3 Å². The lowest BCUT2D eigenvalue weighted by atomic mass is 10.2. The van der Waals surface area contributed by atoms with Crippen LogP contribution in [0.4, 0.5) is 0 Å². The Kier molecular flexibility index (Phi) is 10.5. The van der Waals surface area contributed by atoms with Gasteiger partial charge in [0.1, 0.15) is 7.14 Å². The second-order valence-corrected chi connectivity index (χ2v) is 14.1. The quantitative estimate of drug-likeness (QED) is 0.340. The first-order valence-corrected chi connectivity index (χ1v) is 15.1. The molecule has 1 aromatic rings. The van der Waals surface area contributed by atoms with Crippen molar-refractivity contribution in [2.24, 2.45) is 0 Å². The summed E-state index contributed by atoms with van der Waals surface area (Å²) in [6, 6.07) is 3.44. The Balaban J connectivity index is 2.30. The van der Waals surface area contributed by atoms with Gasteiger partial charge in [-0.05, 0) is 53.9 Å². The van der Waals surface area contributed by atoms with Crippen molar-refractivity contribution in [3.8, 4) is 6.07 Å². The Labute approximate surface area is 196 Å². The Morgan fingerprint density at radius 3 is 2.42 bits per heavy atom. The zero-order valence-corrected chi connectivity index (χ0v) is 22.1. The molecule has 2 rings (SSSR count). The predicted octanol–water partition coefficient (Wildman–Crippen LogP) is 3.50. The van der Waals surface area contributed by atoms with E-state index < -0.39 is 39.1 Å². The number of nitriles is 1. The Morgan fingerprint density at radius 2 is 1.88 bits per heavy atom. The van der Waals surface area contributed by atoms with Gasteiger partial charge >= 0.3 is 5.69 Å². The average Bonchev–Trinajstić information content (AvgIpc) is 3.07. The van der Waals surface area contributed by atoms with E-state index in [0.29, 0.717) is 12.8 Å². The number of nitrogens with zero attached hydrogens (tertiary/aromatic N) is 3. The topological polar surface area (TPSA) is 127 Å². The van der Waals surface area contributed by atoms with Gasteiger partial charge < -0.3 is 18.3 Å². The van der Waals surface area contributed by atoms with E-state index in [4.69, 9.17) is 19.0 Å². The molecule has 0 aliphatic heterocycles. The van der Waals surface area contributed by atoms with Crippen LogP contribution in [-0.2, 0) is 18.3 Å². The van der Waals surface area contributed by atoms with Crippen molar-refractivity contribution in [3.63, 3.8) is 0 Å². The minimum absolute atomic E-state index is 0.107. The zero-order valence-electron chi connectivity index (χ0n) is 20.3. The van der Waals surface area contributed by atoms with Gasteiger partial charge in [-0.2, -0.15) is 5.26 Å². The molecular formula is C21H36N4O6P2. The summed E-state index contributed by atoms with van der Waals surface area (Å²) in [5.74, 6) is 0. The molecule has 1 fully saturated rings. The summed E-state index contributed by atoms with van der Waals surface area (Å²) in [5.41, 5.74) is -0.936. The monoisotopic (exact) mass is 502 g/mol. The van der Waals surface area contributed by atoms with Gasteiger partial charge in [0.15, 0.2) is 0 Å². The maximum atomic E-state index is 12.4. The smallest absolute Gasteiger partial charge is 0.328 e. The summed E-state index contributed by atoms with van der Waals surface area (Å²) in [5, 5.41) is 8.93. The SMILES string of the molecule is CC(C)N(C(C)C)P(OCCC#N)O[C@@H]1C[C@H](n2ccc(=O)[nH]c2=O)C[C@@H]1OCP(C)(C)=O. The van der Waals surface area contributed by atoms with Crippen LogP contribution in [0.5, 0.6) is 0 Å². The van der Waals surface area contributed by atoms with Crippen molar-refractivity contribution in [1.29, 1.82) is 5.26 Å². The molecule has 1 N–H and O–H groups in total. The first-order chi connectivity index (χ1) is 15.4. The van der Waals surface area contributed by atoms with Gasteiger partial charge in [-0.25, -0.2) is 9.46 Å². The minimum atomic E-state index is -2.43. The molecule has 186 valence electrons. The first kappa shape index (κ1) is 27.9. The molecule has 0 aromatic carbocycles. The molecule has 12 heteroatoms. The largest absolute Gasteiger partial charge is 0.368 e. The number of hydrogen-bond acceptors (Lipinski definition) is 8. The summed E-state index contributed by atoms with van der Waals surface area (Å²) < 4.78 is 34.5. The highest BCUT2D eigenvalue weighted by Gasteiger charge is 2.41. The van der Waals surface area contributed by atoms with Gasteiger partial charge in [0, 0.05) is 30.4 Å². The van der Waals surface area contributed by atoms with Gasteiger partial charge in [-0.1, -0.05) is 0 Å². The molecule has 0 saturated heterocycles. The van der Waals surface area contributed by atoms with Gasteiger partial charge in [-0.15, -0.1) is 0 Å². The molecule has 1 aliphatic rings. The fraction of sp³-hybridized carbons (Fsp3) is 0.762. The number of hydrogen-bond donors (Lipinski definition) is 1. The van der Waals surface area contributed by atoms with Crippen molar-refractivity contribution in [2.45, 2.75) is 77.3 Å². The second kappa shape index (κ2) is 12.4. The van der Waals surface area contributed by atoms with Crippen LogP contribution in [-0.4, -0.2) is 64.8 Å². The molecule has 1 heterocycles. The summed E-state index contributed by atoms with van der Waals surface area (Å²) in [6.45, 7) is 11.8. The Morgan fingerprint density at radius 1 is 1.24 bits per heavy atom. The van der Waals surface area contributed by atoms with Crippen LogP contribution in [0.3, 0.4) is 0 Å². The molecule has 1 unspecified atom stereocenters. The number of aromatic nitrogens is 2. The Hall–Kier alpha value is -1.33. The lowest BCUT2D eigenvalue weighted by Gasteiger charge is -2.37. The summed E-state index contributed by atoms with van der Waals surface area (Å²) in [4.78, 5) is 26.1. The zero-order chi connectivity index (χ0) is 24.8. The maximum absolute atomic E-state index is 12.4. The van der Waals surface area contributed by atoms with Crippen LogP contribution in [0.1, 0.15) is 53.0 Å². The van der Waals surface area contributed by atoms with Gasteiger partial charge in [0.05, 0.1) is 37.7 Å². The van der Waals surface area contributed by atoms with E-state index in [1.807, 2.05) is 0 Å². The van der Waals surface area contributed by atoms with Crippen molar-refractivity contribution in [1.82, 2.24) is 14.2 Å². The molecule has 0 bridgehead atoms. The normalized spacial score (nSPS) is 22.2. The van der Waals surface area contributed by atoms with E-state index in [2.05, 4.69) is 43.4 Å². The molecule has 4 atom stereocenters. The standard InChI is InChI=1S/C21H36N4O6P2/c1-15(2)25(16(3)4)32(30-11-7-9-22)31-19-13-17(12-18(19)29-14-33(5,6)28)24-10-8-20(26)23-21(24)27/h8,10,15-19H,7,11-14H2,1-6H3,(H,23,26,27)/t17-,18+,19-,32?/m1/s1. The molecule has 0 spiro atoms. The number of ether oxygens (including phenoxy) is 1. The van der Waals surface area contributed by atoms with Crippen LogP contribution >= 0.6 is 15.7 Å². The van der Waals surface area contributed by atoms with Crippen molar-refractivity contribution in [2.75, 3.05) is 26.3 Å². The number of H-pyrrole nitrogens is 1. The van der Waals surface area contributed by atoms with Gasteiger partial charge in [0.2, 0.25) is 0 Å². The first-order valence-electron chi connectivity index (χ1n) is 11.1. The van der Waals surface area contributed by atoms with E-state index in [9.17, 15) is 14.2 Å². The molecule has 1 aromatic heterocycles. The fourth-order valence-corrected chi connectivity index (χ4v) is 6.16. The molecule has 0 amide bonds. The number of nitrogens with one attached hydrogen (secondary N) is 1. The average molecular weight is 502 g/mol. The van der Waals surface area contributed by atoms with Gasteiger partial charge in [-0.3, -0.25) is 14.3 Å². The maximum Gasteiger partial charge on any atom is 0.328 e. The van der Waals surface area contributed by atoms with Crippen LogP contribution in [0.2, 0.25) is 0 Å². The summed E-state index contributed by atoms with van der Waals surface area (Å²) >= 11 is 0.